The highest BCUT2D eigenvalue weighted by Gasteiger charge is 2.19. The lowest BCUT2D eigenvalue weighted by atomic mass is 10.2. The zero-order chi connectivity index (χ0) is 23.3. The number of anilines is 1. The third kappa shape index (κ3) is 5.52. The van der Waals surface area contributed by atoms with Gasteiger partial charge in [-0.1, -0.05) is 18.5 Å². The van der Waals surface area contributed by atoms with E-state index in [9.17, 15) is 14.4 Å². The van der Waals surface area contributed by atoms with Crippen LogP contribution < -0.4 is 26.2 Å². The van der Waals surface area contributed by atoms with Crippen LogP contribution in [0, 0.1) is 0 Å². The number of fused-ring (bicyclic) bond motifs is 1. The number of carbonyl (C=O) groups excluding carboxylic acids is 3. The van der Waals surface area contributed by atoms with Crippen LogP contribution in [0.1, 0.15) is 33.4 Å². The first-order valence-electron chi connectivity index (χ1n) is 9.40. The van der Waals surface area contributed by atoms with Gasteiger partial charge in [-0.2, -0.15) is 0 Å². The number of nitrogens with one attached hydrogen (secondary N) is 4. The van der Waals surface area contributed by atoms with Crippen molar-refractivity contribution in [3.8, 4) is 5.75 Å². The third-order valence-corrected chi connectivity index (χ3v) is 6.17. The lowest BCUT2D eigenvalue weighted by molar-refractivity contribution is -0.115. The van der Waals surface area contributed by atoms with Gasteiger partial charge in [-0.05, 0) is 54.7 Å². The SMILES string of the molecule is CCC(=O)Nc1ccc(C(=O)NNC(=S)NC(=O)c2sc3cc(OC)ccc3c2Cl)cc1. The highest BCUT2D eigenvalue weighted by atomic mass is 35.5. The van der Waals surface area contributed by atoms with Gasteiger partial charge < -0.3 is 10.1 Å². The van der Waals surface area contributed by atoms with Crippen molar-refractivity contribution >= 4 is 73.8 Å². The summed E-state index contributed by atoms with van der Waals surface area (Å²) in [6.45, 7) is 1.75. The Morgan fingerprint density at radius 2 is 1.78 bits per heavy atom. The molecule has 8 nitrogen and oxygen atoms in total. The van der Waals surface area contributed by atoms with Crippen LogP contribution in [0.4, 0.5) is 5.69 Å². The number of hydrazine groups is 1. The monoisotopic (exact) mass is 490 g/mol. The molecule has 0 atom stereocenters. The number of amides is 3. The molecule has 1 heterocycles. The van der Waals surface area contributed by atoms with E-state index < -0.39 is 11.8 Å². The number of hydrogen-bond donors (Lipinski definition) is 4. The minimum atomic E-state index is -0.502. The maximum absolute atomic E-state index is 12.6. The summed E-state index contributed by atoms with van der Waals surface area (Å²) in [6.07, 6.45) is 0.357. The molecule has 0 saturated heterocycles. The van der Waals surface area contributed by atoms with Gasteiger partial charge in [-0.15, -0.1) is 11.3 Å². The van der Waals surface area contributed by atoms with E-state index in [1.54, 1.807) is 56.5 Å². The molecule has 0 spiro atoms. The Morgan fingerprint density at radius 1 is 1.06 bits per heavy atom. The molecule has 0 aliphatic carbocycles. The first kappa shape index (κ1) is 23.5. The second-order valence-electron chi connectivity index (χ2n) is 6.45. The van der Waals surface area contributed by atoms with Gasteiger partial charge in [0.25, 0.3) is 11.8 Å². The molecule has 2 aromatic carbocycles. The summed E-state index contributed by atoms with van der Waals surface area (Å²) < 4.78 is 5.99. The fourth-order valence-electron chi connectivity index (χ4n) is 2.65. The van der Waals surface area contributed by atoms with Crippen LogP contribution in [-0.2, 0) is 4.79 Å². The lowest BCUT2D eigenvalue weighted by Gasteiger charge is -2.11. The molecule has 3 aromatic rings. The van der Waals surface area contributed by atoms with Crippen LogP contribution in [0.5, 0.6) is 5.75 Å². The van der Waals surface area contributed by atoms with Gasteiger partial charge in [0.1, 0.15) is 10.6 Å². The summed E-state index contributed by atoms with van der Waals surface area (Å²) in [6, 6.07) is 11.7. The molecule has 166 valence electrons. The molecule has 0 saturated carbocycles. The largest absolute Gasteiger partial charge is 0.497 e. The van der Waals surface area contributed by atoms with Crippen molar-refractivity contribution in [1.29, 1.82) is 0 Å². The second-order valence-corrected chi connectivity index (χ2v) is 8.29. The summed E-state index contributed by atoms with van der Waals surface area (Å²) in [4.78, 5) is 36.5. The average Bonchev–Trinajstić information content (AvgIpc) is 3.13. The third-order valence-electron chi connectivity index (χ3n) is 4.31. The number of halogens is 1. The molecule has 3 amide bonds. The lowest BCUT2D eigenvalue weighted by Crippen LogP contribution is -2.48. The van der Waals surface area contributed by atoms with Crippen molar-refractivity contribution in [1.82, 2.24) is 16.2 Å². The number of thiocarbonyl (C=S) groups is 1. The average molecular weight is 491 g/mol. The first-order valence-corrected chi connectivity index (χ1v) is 11.0. The summed E-state index contributed by atoms with van der Waals surface area (Å²) in [5.74, 6) is -0.439. The Balaban J connectivity index is 1.57. The van der Waals surface area contributed by atoms with E-state index in [0.717, 1.165) is 10.1 Å². The number of benzene rings is 2. The molecule has 4 N–H and O–H groups in total. The van der Waals surface area contributed by atoms with Crippen LogP contribution >= 0.6 is 35.2 Å². The van der Waals surface area contributed by atoms with Crippen LogP contribution in [0.25, 0.3) is 10.1 Å². The highest BCUT2D eigenvalue weighted by Crippen LogP contribution is 2.37. The van der Waals surface area contributed by atoms with Gasteiger partial charge in [0.05, 0.1) is 12.1 Å². The fourth-order valence-corrected chi connectivity index (χ4v) is 4.23. The van der Waals surface area contributed by atoms with Crippen molar-refractivity contribution in [2.45, 2.75) is 13.3 Å². The Labute approximate surface area is 198 Å². The number of hydrogen-bond acceptors (Lipinski definition) is 6. The molecule has 0 aliphatic rings. The molecular weight excluding hydrogens is 472 g/mol. The molecule has 0 aliphatic heterocycles. The van der Waals surface area contributed by atoms with E-state index >= 15 is 0 Å². The zero-order valence-electron chi connectivity index (χ0n) is 17.1. The van der Waals surface area contributed by atoms with Crippen molar-refractivity contribution in [2.24, 2.45) is 0 Å². The number of rotatable bonds is 5. The minimum absolute atomic E-state index is 0.0960. The van der Waals surface area contributed by atoms with Crippen LogP contribution in [0.15, 0.2) is 42.5 Å². The first-order chi connectivity index (χ1) is 15.3. The normalized spacial score (nSPS) is 10.3. The molecule has 0 radical (unpaired) electrons. The van der Waals surface area contributed by atoms with E-state index in [0.29, 0.717) is 28.4 Å². The number of methoxy groups -OCH3 is 1. The molecule has 0 bridgehead atoms. The van der Waals surface area contributed by atoms with Crippen LogP contribution in [0.2, 0.25) is 5.02 Å². The highest BCUT2D eigenvalue weighted by molar-refractivity contribution is 7.80. The maximum atomic E-state index is 12.6. The van der Waals surface area contributed by atoms with E-state index in [-0.39, 0.29) is 15.9 Å². The van der Waals surface area contributed by atoms with Gasteiger partial charge in [0.2, 0.25) is 5.91 Å². The van der Waals surface area contributed by atoms with E-state index in [4.69, 9.17) is 28.6 Å². The Kier molecular flexibility index (Phi) is 7.62. The molecule has 3 rings (SSSR count). The predicted octanol–water partition coefficient (Wildman–Crippen LogP) is 3.86. The molecular formula is C21H19ClN4O4S2. The number of carbonyl (C=O) groups is 3. The minimum Gasteiger partial charge on any atom is -0.497 e. The second kappa shape index (κ2) is 10.4. The summed E-state index contributed by atoms with van der Waals surface area (Å²) in [5, 5.41) is 6.12. The molecule has 32 heavy (non-hydrogen) atoms. The fraction of sp³-hybridized carbons (Fsp3) is 0.143. The van der Waals surface area contributed by atoms with Crippen molar-refractivity contribution in [2.75, 3.05) is 12.4 Å². The molecule has 11 heteroatoms. The Bertz CT molecular complexity index is 1190. The van der Waals surface area contributed by atoms with Gasteiger partial charge in [-0.3, -0.25) is 30.6 Å². The predicted molar refractivity (Wildman–Crippen MR) is 129 cm³/mol. The van der Waals surface area contributed by atoms with Gasteiger partial charge in [0, 0.05) is 27.8 Å². The standard InChI is InChI=1S/C21H19ClN4O4S2/c1-3-16(27)23-12-6-4-11(5-7-12)19(28)25-26-21(31)24-20(29)18-17(22)14-9-8-13(30-2)10-15(14)32-18/h4-10H,3H2,1-2H3,(H,23,27)(H,25,28)(H2,24,26,29,31). The van der Waals surface area contributed by atoms with Crippen molar-refractivity contribution < 1.29 is 19.1 Å². The molecule has 0 unspecified atom stereocenters. The van der Waals surface area contributed by atoms with E-state index in [1.807, 2.05) is 0 Å². The van der Waals surface area contributed by atoms with Crippen LogP contribution in [0.3, 0.4) is 0 Å². The van der Waals surface area contributed by atoms with Crippen LogP contribution in [-0.4, -0.2) is 29.9 Å². The van der Waals surface area contributed by atoms with Gasteiger partial charge in [0.15, 0.2) is 5.11 Å². The molecule has 1 aromatic heterocycles. The van der Waals surface area contributed by atoms with Crippen molar-refractivity contribution in [3.05, 3.63) is 57.9 Å². The quantitative estimate of drug-likeness (QED) is 0.319. The number of ether oxygens (including phenoxy) is 1. The van der Waals surface area contributed by atoms with E-state index in [2.05, 4.69) is 21.5 Å². The Hall–Kier alpha value is -3.21. The van der Waals surface area contributed by atoms with E-state index in [1.165, 1.54) is 11.3 Å². The Morgan fingerprint density at radius 3 is 2.44 bits per heavy atom. The maximum Gasteiger partial charge on any atom is 0.269 e. The van der Waals surface area contributed by atoms with Crippen molar-refractivity contribution in [3.63, 3.8) is 0 Å². The van der Waals surface area contributed by atoms with Gasteiger partial charge >= 0.3 is 0 Å². The summed E-state index contributed by atoms with van der Waals surface area (Å²) in [7, 11) is 1.56. The topological polar surface area (TPSA) is 109 Å². The molecule has 0 fully saturated rings. The van der Waals surface area contributed by atoms with Gasteiger partial charge in [-0.25, -0.2) is 0 Å². The zero-order valence-corrected chi connectivity index (χ0v) is 19.5. The smallest absolute Gasteiger partial charge is 0.269 e. The number of thiophene rings is 1. The summed E-state index contributed by atoms with van der Waals surface area (Å²) in [5.41, 5.74) is 5.81. The summed E-state index contributed by atoms with van der Waals surface area (Å²) >= 11 is 12.6.